The molecule has 0 amide bonds. The monoisotopic (exact) mass is 299 g/mol. The van der Waals surface area contributed by atoms with Crippen molar-refractivity contribution >= 4 is 15.8 Å². The molecule has 20 heavy (non-hydrogen) atoms. The van der Waals surface area contributed by atoms with E-state index in [1.54, 1.807) is 0 Å². The average Bonchev–Trinajstić information content (AvgIpc) is 2.39. The van der Waals surface area contributed by atoms with E-state index in [0.717, 1.165) is 6.54 Å². The van der Waals surface area contributed by atoms with Gasteiger partial charge in [0.1, 0.15) is 0 Å². The van der Waals surface area contributed by atoms with E-state index in [1.807, 2.05) is 20.8 Å². The van der Waals surface area contributed by atoms with E-state index in [-0.39, 0.29) is 22.3 Å². The van der Waals surface area contributed by atoms with Gasteiger partial charge in [0.25, 0.3) is 0 Å². The molecule has 0 aromatic heterocycles. The largest absolute Gasteiger partial charge is 0.478 e. The topological polar surface area (TPSA) is 74.7 Å². The van der Waals surface area contributed by atoms with Crippen molar-refractivity contribution in [1.82, 2.24) is 4.90 Å². The highest BCUT2D eigenvalue weighted by Crippen LogP contribution is 2.14. The number of benzene rings is 1. The van der Waals surface area contributed by atoms with Gasteiger partial charge in [-0.15, -0.1) is 0 Å². The van der Waals surface area contributed by atoms with Crippen LogP contribution in [-0.4, -0.2) is 49.3 Å². The van der Waals surface area contributed by atoms with Gasteiger partial charge in [-0.25, -0.2) is 13.2 Å². The Balaban J connectivity index is 2.89. The van der Waals surface area contributed by atoms with Gasteiger partial charge in [0, 0.05) is 12.6 Å². The van der Waals surface area contributed by atoms with Crippen molar-refractivity contribution in [2.45, 2.75) is 31.7 Å². The molecular formula is C14H21NO4S. The summed E-state index contributed by atoms with van der Waals surface area (Å²) in [7, 11) is -3.46. The van der Waals surface area contributed by atoms with E-state index in [1.165, 1.54) is 24.3 Å². The number of sulfone groups is 1. The van der Waals surface area contributed by atoms with Crippen LogP contribution in [0.4, 0.5) is 0 Å². The molecule has 0 atom stereocenters. The maximum atomic E-state index is 12.2. The Hall–Kier alpha value is -1.40. The lowest BCUT2D eigenvalue weighted by atomic mass is 10.2. The van der Waals surface area contributed by atoms with Crippen LogP contribution in [0.5, 0.6) is 0 Å². The number of aromatic carboxylic acids is 1. The minimum absolute atomic E-state index is 0.0118. The van der Waals surface area contributed by atoms with Crippen LogP contribution in [0.25, 0.3) is 0 Å². The number of carboxylic acid groups (broad SMARTS) is 1. The molecule has 1 aromatic rings. The van der Waals surface area contributed by atoms with Crippen LogP contribution in [0.2, 0.25) is 0 Å². The van der Waals surface area contributed by atoms with Crippen molar-refractivity contribution in [3.05, 3.63) is 29.8 Å². The first-order valence-corrected chi connectivity index (χ1v) is 8.23. The van der Waals surface area contributed by atoms with E-state index in [2.05, 4.69) is 4.90 Å². The van der Waals surface area contributed by atoms with E-state index in [0.29, 0.717) is 6.54 Å². The lowest BCUT2D eigenvalue weighted by Gasteiger charge is -2.24. The number of rotatable bonds is 7. The second-order valence-electron chi connectivity index (χ2n) is 4.87. The molecule has 0 aliphatic carbocycles. The van der Waals surface area contributed by atoms with Crippen molar-refractivity contribution in [3.8, 4) is 0 Å². The first kappa shape index (κ1) is 16.7. The van der Waals surface area contributed by atoms with Crippen molar-refractivity contribution in [2.75, 3.05) is 18.8 Å². The fourth-order valence-electron chi connectivity index (χ4n) is 1.96. The molecule has 1 rings (SSSR count). The summed E-state index contributed by atoms with van der Waals surface area (Å²) in [6, 6.07) is 5.77. The Morgan fingerprint density at radius 1 is 1.35 bits per heavy atom. The summed E-state index contributed by atoms with van der Waals surface area (Å²) in [6.45, 7) is 7.23. The van der Waals surface area contributed by atoms with Gasteiger partial charge < -0.3 is 10.0 Å². The zero-order valence-corrected chi connectivity index (χ0v) is 12.9. The Bertz CT molecular complexity index is 566. The summed E-state index contributed by atoms with van der Waals surface area (Å²) in [4.78, 5) is 13.0. The Kier molecular flexibility index (Phi) is 5.71. The number of hydrogen-bond donors (Lipinski definition) is 1. The van der Waals surface area contributed by atoms with Crippen LogP contribution in [-0.2, 0) is 9.84 Å². The van der Waals surface area contributed by atoms with Gasteiger partial charge in [0.15, 0.2) is 9.84 Å². The maximum Gasteiger partial charge on any atom is 0.335 e. The Labute approximate surface area is 120 Å². The number of nitrogens with zero attached hydrogens (tertiary/aromatic N) is 1. The third kappa shape index (κ3) is 4.31. The molecule has 0 radical (unpaired) electrons. The van der Waals surface area contributed by atoms with Crippen LogP contribution < -0.4 is 0 Å². The lowest BCUT2D eigenvalue weighted by Crippen LogP contribution is -2.34. The minimum Gasteiger partial charge on any atom is -0.478 e. The first-order valence-electron chi connectivity index (χ1n) is 6.58. The van der Waals surface area contributed by atoms with Gasteiger partial charge in [-0.05, 0) is 38.6 Å². The quantitative estimate of drug-likeness (QED) is 0.832. The highest BCUT2D eigenvalue weighted by Gasteiger charge is 2.18. The van der Waals surface area contributed by atoms with Gasteiger partial charge in [-0.1, -0.05) is 13.0 Å². The fourth-order valence-corrected chi connectivity index (χ4v) is 3.26. The van der Waals surface area contributed by atoms with Crippen LogP contribution in [0.15, 0.2) is 29.2 Å². The summed E-state index contributed by atoms with van der Waals surface area (Å²) < 4.78 is 24.5. The molecule has 112 valence electrons. The molecule has 0 saturated carbocycles. The number of hydrogen-bond acceptors (Lipinski definition) is 4. The Morgan fingerprint density at radius 3 is 2.50 bits per heavy atom. The molecule has 0 spiro atoms. The normalized spacial score (nSPS) is 12.1. The predicted molar refractivity (Wildman–Crippen MR) is 77.8 cm³/mol. The van der Waals surface area contributed by atoms with Crippen LogP contribution in [0.1, 0.15) is 31.1 Å². The molecule has 6 heteroatoms. The van der Waals surface area contributed by atoms with Gasteiger partial charge in [0.05, 0.1) is 16.2 Å². The highest BCUT2D eigenvalue weighted by atomic mass is 32.2. The third-order valence-electron chi connectivity index (χ3n) is 3.22. The molecule has 0 aliphatic rings. The van der Waals surface area contributed by atoms with E-state index in [4.69, 9.17) is 5.11 Å². The summed E-state index contributed by atoms with van der Waals surface area (Å²) in [5, 5.41) is 8.90. The maximum absolute atomic E-state index is 12.2. The summed E-state index contributed by atoms with van der Waals surface area (Å²) in [6.07, 6.45) is 0. The Morgan fingerprint density at radius 2 is 2.00 bits per heavy atom. The van der Waals surface area contributed by atoms with Crippen molar-refractivity contribution < 1.29 is 18.3 Å². The standard InChI is InChI=1S/C14H21NO4S/c1-4-15(11(2)3)8-9-20(18,19)13-7-5-6-12(10-13)14(16)17/h5-7,10-11H,4,8-9H2,1-3H3,(H,16,17). The third-order valence-corrected chi connectivity index (χ3v) is 4.92. The smallest absolute Gasteiger partial charge is 0.335 e. The molecule has 0 fully saturated rings. The minimum atomic E-state index is -3.46. The number of carbonyl (C=O) groups is 1. The lowest BCUT2D eigenvalue weighted by molar-refractivity contribution is 0.0696. The second kappa shape index (κ2) is 6.85. The van der Waals surface area contributed by atoms with Crippen LogP contribution >= 0.6 is 0 Å². The molecule has 0 saturated heterocycles. The molecular weight excluding hydrogens is 278 g/mol. The molecule has 5 nitrogen and oxygen atoms in total. The average molecular weight is 299 g/mol. The molecule has 0 heterocycles. The molecule has 1 aromatic carbocycles. The number of carboxylic acids is 1. The summed E-state index contributed by atoms with van der Waals surface area (Å²) in [5.74, 6) is -1.14. The van der Waals surface area contributed by atoms with Gasteiger partial charge in [-0.3, -0.25) is 0 Å². The molecule has 1 N–H and O–H groups in total. The SMILES string of the molecule is CCN(CCS(=O)(=O)c1cccc(C(=O)O)c1)C(C)C. The van der Waals surface area contributed by atoms with E-state index >= 15 is 0 Å². The zero-order valence-electron chi connectivity index (χ0n) is 12.0. The zero-order chi connectivity index (χ0) is 15.3. The fraction of sp³-hybridized carbons (Fsp3) is 0.500. The predicted octanol–water partition coefficient (Wildman–Crippen LogP) is 1.89. The summed E-state index contributed by atoms with van der Waals surface area (Å²) >= 11 is 0. The van der Waals surface area contributed by atoms with E-state index < -0.39 is 15.8 Å². The van der Waals surface area contributed by atoms with Crippen molar-refractivity contribution in [2.24, 2.45) is 0 Å². The summed E-state index contributed by atoms with van der Waals surface area (Å²) in [5.41, 5.74) is -0.0118. The van der Waals surface area contributed by atoms with Crippen LogP contribution in [0, 0.1) is 0 Å². The van der Waals surface area contributed by atoms with Crippen molar-refractivity contribution in [3.63, 3.8) is 0 Å². The molecule has 0 unspecified atom stereocenters. The van der Waals surface area contributed by atoms with E-state index in [9.17, 15) is 13.2 Å². The van der Waals surface area contributed by atoms with Gasteiger partial charge in [-0.2, -0.15) is 0 Å². The molecule has 0 bridgehead atoms. The first-order chi connectivity index (χ1) is 9.27. The van der Waals surface area contributed by atoms with Crippen molar-refractivity contribution in [1.29, 1.82) is 0 Å². The van der Waals surface area contributed by atoms with Crippen LogP contribution in [0.3, 0.4) is 0 Å². The molecule has 0 aliphatic heterocycles. The van der Waals surface area contributed by atoms with Gasteiger partial charge in [0.2, 0.25) is 0 Å². The highest BCUT2D eigenvalue weighted by molar-refractivity contribution is 7.91. The second-order valence-corrected chi connectivity index (χ2v) is 6.98. The van der Waals surface area contributed by atoms with Gasteiger partial charge >= 0.3 is 5.97 Å².